The van der Waals surface area contributed by atoms with Gasteiger partial charge in [-0.2, -0.15) is 0 Å². The quantitative estimate of drug-likeness (QED) is 0.643. The van der Waals surface area contributed by atoms with Gasteiger partial charge in [0.2, 0.25) is 11.8 Å². The lowest BCUT2D eigenvalue weighted by Crippen LogP contribution is -2.37. The number of rotatable bonds is 6. The first-order valence-corrected chi connectivity index (χ1v) is 10.3. The number of methoxy groups -OCH3 is 2. The van der Waals surface area contributed by atoms with Gasteiger partial charge in [-0.15, -0.1) is 0 Å². The lowest BCUT2D eigenvalue weighted by atomic mass is 10.0. The minimum atomic E-state index is -0.324. The second kappa shape index (κ2) is 9.47. The van der Waals surface area contributed by atoms with Gasteiger partial charge in [-0.25, -0.2) is 4.98 Å². The Morgan fingerprint density at radius 2 is 1.91 bits per heavy atom. The molecule has 4 rings (SSSR count). The fourth-order valence-corrected chi connectivity index (χ4v) is 3.70. The van der Waals surface area contributed by atoms with Crippen LogP contribution in [-0.2, 0) is 17.6 Å². The molecule has 32 heavy (non-hydrogen) atoms. The normalized spacial score (nSPS) is 12.6. The van der Waals surface area contributed by atoms with Gasteiger partial charge >= 0.3 is 0 Å². The summed E-state index contributed by atoms with van der Waals surface area (Å²) in [4.78, 5) is 36.2. The third kappa shape index (κ3) is 4.54. The van der Waals surface area contributed by atoms with Crippen LogP contribution in [-0.4, -0.2) is 42.5 Å². The number of nitrogens with one attached hydrogen (secondary N) is 1. The SMILES string of the molecule is COc1ccc(NC(=O)c2cnc3c(c2)N(C(=O)Cc2ccccc2OC)CCC3)cn1. The molecular formula is C24H24N4O4. The molecule has 3 aromatic rings. The molecule has 8 heteroatoms. The van der Waals surface area contributed by atoms with Crippen LogP contribution in [0.25, 0.3) is 0 Å². The number of pyridine rings is 2. The van der Waals surface area contributed by atoms with Crippen LogP contribution in [0.2, 0.25) is 0 Å². The van der Waals surface area contributed by atoms with Crippen LogP contribution in [0.3, 0.4) is 0 Å². The Balaban J connectivity index is 1.54. The van der Waals surface area contributed by atoms with Crippen molar-refractivity contribution in [2.75, 3.05) is 31.0 Å². The summed E-state index contributed by atoms with van der Waals surface area (Å²) in [7, 11) is 3.12. The molecular weight excluding hydrogens is 408 g/mol. The number of aromatic nitrogens is 2. The number of aryl methyl sites for hydroxylation is 1. The van der Waals surface area contributed by atoms with Crippen molar-refractivity contribution >= 4 is 23.2 Å². The van der Waals surface area contributed by atoms with Crippen LogP contribution >= 0.6 is 0 Å². The van der Waals surface area contributed by atoms with Gasteiger partial charge in [-0.05, 0) is 31.0 Å². The summed E-state index contributed by atoms with van der Waals surface area (Å²) < 4.78 is 10.4. The van der Waals surface area contributed by atoms with E-state index in [0.717, 1.165) is 24.1 Å². The predicted octanol–water partition coefficient (Wildman–Crippen LogP) is 3.27. The van der Waals surface area contributed by atoms with Gasteiger partial charge in [0.25, 0.3) is 5.91 Å². The average Bonchev–Trinajstić information content (AvgIpc) is 2.84. The standard InChI is InChI=1S/C24H24N4O4/c1-31-21-8-4-3-6-16(21)13-23(29)28-11-5-7-19-20(28)12-17(14-25-19)24(30)27-18-9-10-22(32-2)26-15-18/h3-4,6,8-10,12,14-15H,5,7,11,13H2,1-2H3,(H,27,30). The largest absolute Gasteiger partial charge is 0.496 e. The van der Waals surface area contributed by atoms with E-state index in [1.165, 1.54) is 13.3 Å². The van der Waals surface area contributed by atoms with Crippen LogP contribution in [0, 0.1) is 0 Å². The minimum Gasteiger partial charge on any atom is -0.496 e. The summed E-state index contributed by atoms with van der Waals surface area (Å²) in [5, 5.41) is 2.80. The summed E-state index contributed by atoms with van der Waals surface area (Å²) in [6.45, 7) is 0.579. The number of hydrogen-bond donors (Lipinski definition) is 1. The number of amides is 2. The lowest BCUT2D eigenvalue weighted by Gasteiger charge is -2.29. The number of ether oxygens (including phenoxy) is 2. The van der Waals surface area contributed by atoms with Crippen molar-refractivity contribution in [3.05, 3.63) is 71.7 Å². The zero-order chi connectivity index (χ0) is 22.5. The highest BCUT2D eigenvalue weighted by molar-refractivity contribution is 6.05. The molecule has 0 saturated carbocycles. The van der Waals surface area contributed by atoms with Gasteiger partial charge in [-0.1, -0.05) is 18.2 Å². The number of anilines is 2. The monoisotopic (exact) mass is 432 g/mol. The molecule has 164 valence electrons. The van der Waals surface area contributed by atoms with Crippen LogP contribution in [0.4, 0.5) is 11.4 Å². The maximum absolute atomic E-state index is 13.2. The van der Waals surface area contributed by atoms with Crippen LogP contribution in [0.1, 0.15) is 28.0 Å². The number of carbonyl (C=O) groups is 2. The maximum atomic E-state index is 13.2. The summed E-state index contributed by atoms with van der Waals surface area (Å²) in [5.41, 5.74) is 3.22. The van der Waals surface area contributed by atoms with Crippen molar-refractivity contribution in [1.82, 2.24) is 9.97 Å². The third-order valence-electron chi connectivity index (χ3n) is 5.33. The first kappa shape index (κ1) is 21.3. The van der Waals surface area contributed by atoms with E-state index in [4.69, 9.17) is 9.47 Å². The van der Waals surface area contributed by atoms with E-state index in [1.807, 2.05) is 24.3 Å². The summed E-state index contributed by atoms with van der Waals surface area (Å²) >= 11 is 0. The third-order valence-corrected chi connectivity index (χ3v) is 5.33. The Hall–Kier alpha value is -3.94. The Morgan fingerprint density at radius 3 is 2.66 bits per heavy atom. The van der Waals surface area contributed by atoms with E-state index in [-0.39, 0.29) is 18.2 Å². The molecule has 0 unspecified atom stereocenters. The van der Waals surface area contributed by atoms with Crippen LogP contribution in [0.15, 0.2) is 54.9 Å². The molecule has 0 bridgehead atoms. The minimum absolute atomic E-state index is 0.0610. The molecule has 0 radical (unpaired) electrons. The molecule has 3 heterocycles. The Kier molecular flexibility index (Phi) is 6.30. The van der Waals surface area contributed by atoms with Gasteiger partial charge in [0.1, 0.15) is 5.75 Å². The summed E-state index contributed by atoms with van der Waals surface area (Å²) in [6, 6.07) is 12.6. The van der Waals surface area contributed by atoms with Crippen LogP contribution in [0.5, 0.6) is 11.6 Å². The fraction of sp³-hybridized carbons (Fsp3) is 0.250. The van der Waals surface area contributed by atoms with Crippen molar-refractivity contribution < 1.29 is 19.1 Å². The van der Waals surface area contributed by atoms with E-state index in [1.54, 1.807) is 36.4 Å². The van der Waals surface area contributed by atoms with E-state index in [2.05, 4.69) is 15.3 Å². The topological polar surface area (TPSA) is 93.7 Å². The van der Waals surface area contributed by atoms with E-state index in [9.17, 15) is 9.59 Å². The zero-order valence-electron chi connectivity index (χ0n) is 18.0. The molecule has 0 aliphatic carbocycles. The molecule has 1 aromatic carbocycles. The van der Waals surface area contributed by atoms with E-state index >= 15 is 0 Å². The Morgan fingerprint density at radius 1 is 1.06 bits per heavy atom. The van der Waals surface area contributed by atoms with Crippen molar-refractivity contribution in [2.45, 2.75) is 19.3 Å². The lowest BCUT2D eigenvalue weighted by molar-refractivity contribution is -0.118. The molecule has 2 aromatic heterocycles. The number of benzene rings is 1. The number of hydrogen-bond acceptors (Lipinski definition) is 6. The van der Waals surface area contributed by atoms with Crippen molar-refractivity contribution in [2.24, 2.45) is 0 Å². The van der Waals surface area contributed by atoms with Gasteiger partial charge in [0.15, 0.2) is 0 Å². The van der Waals surface area contributed by atoms with Crippen molar-refractivity contribution in [1.29, 1.82) is 0 Å². The molecule has 0 fully saturated rings. The first-order chi connectivity index (χ1) is 15.6. The highest BCUT2D eigenvalue weighted by atomic mass is 16.5. The van der Waals surface area contributed by atoms with E-state index in [0.29, 0.717) is 35.1 Å². The van der Waals surface area contributed by atoms with Crippen LogP contribution < -0.4 is 19.7 Å². The highest BCUT2D eigenvalue weighted by Crippen LogP contribution is 2.28. The molecule has 1 aliphatic heterocycles. The molecule has 0 saturated heterocycles. The number of carbonyl (C=O) groups excluding carboxylic acids is 2. The molecule has 1 N–H and O–H groups in total. The maximum Gasteiger partial charge on any atom is 0.257 e. The molecule has 0 spiro atoms. The first-order valence-electron chi connectivity index (χ1n) is 10.3. The predicted molar refractivity (Wildman–Crippen MR) is 120 cm³/mol. The number of para-hydroxylation sites is 1. The molecule has 0 atom stereocenters. The number of nitrogens with zero attached hydrogens (tertiary/aromatic N) is 3. The van der Waals surface area contributed by atoms with Crippen molar-refractivity contribution in [3.63, 3.8) is 0 Å². The van der Waals surface area contributed by atoms with Gasteiger partial charge in [0.05, 0.1) is 49.5 Å². The average molecular weight is 432 g/mol. The van der Waals surface area contributed by atoms with Gasteiger partial charge < -0.3 is 19.7 Å². The highest BCUT2D eigenvalue weighted by Gasteiger charge is 2.25. The fourth-order valence-electron chi connectivity index (χ4n) is 3.70. The van der Waals surface area contributed by atoms with Crippen molar-refractivity contribution in [3.8, 4) is 11.6 Å². The second-order valence-electron chi connectivity index (χ2n) is 7.37. The number of fused-ring (bicyclic) bond motifs is 1. The zero-order valence-corrected chi connectivity index (χ0v) is 18.0. The Bertz CT molecular complexity index is 1130. The van der Waals surface area contributed by atoms with Gasteiger partial charge in [0, 0.05) is 24.4 Å². The van der Waals surface area contributed by atoms with Gasteiger partial charge in [-0.3, -0.25) is 14.6 Å². The second-order valence-corrected chi connectivity index (χ2v) is 7.37. The van der Waals surface area contributed by atoms with E-state index < -0.39 is 0 Å². The molecule has 2 amide bonds. The molecule has 8 nitrogen and oxygen atoms in total. The summed E-state index contributed by atoms with van der Waals surface area (Å²) in [6.07, 6.45) is 4.85. The molecule has 1 aliphatic rings. The Labute approximate surface area is 186 Å². The smallest absolute Gasteiger partial charge is 0.257 e. The summed E-state index contributed by atoms with van der Waals surface area (Å²) in [5.74, 6) is 0.754.